The van der Waals surface area contributed by atoms with Gasteiger partial charge in [-0.1, -0.05) is 0 Å². The van der Waals surface area contributed by atoms with E-state index in [1.807, 2.05) is 12.1 Å². The predicted octanol–water partition coefficient (Wildman–Crippen LogP) is 4.28. The largest absolute Gasteiger partial charge is 0.434 e. The molecule has 10 nitrogen and oxygen atoms in total. The van der Waals surface area contributed by atoms with Crippen LogP contribution in [0.1, 0.15) is 28.9 Å². The summed E-state index contributed by atoms with van der Waals surface area (Å²) in [5, 5.41) is 16.0. The standard InChI is InChI=1S/C27H24F2N8O2/c1-15-10-18-23(29)21(11-20(28)24(18)37(15)27(38)16-2-3-16)39-26-19(12-30)25(33-14-34-26)35-22-5-4-17(13-32-22)36-8-6-31-7-9-36/h4-5,10-11,13-14,16,31H,2-3,6-9H2,1H3,(H,32,33,34,35). The molecule has 1 saturated heterocycles. The Morgan fingerprint density at radius 3 is 2.67 bits per heavy atom. The molecule has 0 unspecified atom stereocenters. The molecule has 12 heteroatoms. The average Bonchev–Trinajstić information content (AvgIpc) is 3.74. The molecule has 1 aliphatic carbocycles. The minimum atomic E-state index is -0.862. The third-order valence-corrected chi connectivity index (χ3v) is 6.88. The molecule has 0 amide bonds. The van der Waals surface area contributed by atoms with Gasteiger partial charge in [-0.3, -0.25) is 9.36 Å². The van der Waals surface area contributed by atoms with Gasteiger partial charge in [0.05, 0.1) is 17.4 Å². The molecular weight excluding hydrogens is 506 g/mol. The first-order chi connectivity index (χ1) is 18.9. The molecule has 2 N–H and O–H groups in total. The summed E-state index contributed by atoms with van der Waals surface area (Å²) in [5.74, 6) is -2.28. The predicted molar refractivity (Wildman–Crippen MR) is 139 cm³/mol. The van der Waals surface area contributed by atoms with E-state index in [4.69, 9.17) is 4.74 Å². The van der Waals surface area contributed by atoms with Crippen molar-refractivity contribution in [2.45, 2.75) is 19.8 Å². The average molecular weight is 531 g/mol. The first kappa shape index (κ1) is 24.7. The molecule has 0 atom stereocenters. The first-order valence-corrected chi connectivity index (χ1v) is 12.6. The molecule has 4 aromatic rings. The molecule has 198 valence electrons. The summed E-state index contributed by atoms with van der Waals surface area (Å²) in [6.07, 6.45) is 4.35. The van der Waals surface area contributed by atoms with E-state index in [1.54, 1.807) is 19.2 Å². The Bertz CT molecular complexity index is 1620. The number of hydrogen-bond acceptors (Lipinski definition) is 9. The van der Waals surface area contributed by atoms with Crippen molar-refractivity contribution in [2.75, 3.05) is 36.4 Å². The fraction of sp³-hybridized carbons (Fsp3) is 0.296. The SMILES string of the molecule is Cc1cc2c(F)c(Oc3ncnc(Nc4ccc(N5CCNCC5)cn4)c3C#N)cc(F)c2n1C(=O)C1CC1. The van der Waals surface area contributed by atoms with Crippen molar-refractivity contribution in [2.24, 2.45) is 5.92 Å². The van der Waals surface area contributed by atoms with Crippen molar-refractivity contribution in [3.05, 3.63) is 59.7 Å². The van der Waals surface area contributed by atoms with Gasteiger partial charge < -0.3 is 20.3 Å². The number of halogens is 2. The number of pyridine rings is 1. The summed E-state index contributed by atoms with van der Waals surface area (Å²) in [4.78, 5) is 27.4. The lowest BCUT2D eigenvalue weighted by Crippen LogP contribution is -2.43. The highest BCUT2D eigenvalue weighted by molar-refractivity contribution is 5.96. The monoisotopic (exact) mass is 530 g/mol. The Labute approximate surface area is 222 Å². The summed E-state index contributed by atoms with van der Waals surface area (Å²) >= 11 is 0. The third kappa shape index (κ3) is 4.61. The Hall–Kier alpha value is -4.63. The fourth-order valence-corrected chi connectivity index (χ4v) is 4.73. The Balaban J connectivity index is 1.28. The fourth-order valence-electron chi connectivity index (χ4n) is 4.73. The highest BCUT2D eigenvalue weighted by atomic mass is 19.1. The van der Waals surface area contributed by atoms with Gasteiger partial charge >= 0.3 is 0 Å². The molecule has 3 aromatic heterocycles. The van der Waals surface area contributed by atoms with Crippen LogP contribution in [-0.2, 0) is 0 Å². The van der Waals surface area contributed by atoms with Crippen molar-refractivity contribution in [1.29, 1.82) is 5.26 Å². The maximum absolute atomic E-state index is 15.5. The Kier molecular flexibility index (Phi) is 6.28. The second-order valence-electron chi connectivity index (χ2n) is 9.55. The number of benzene rings is 1. The molecule has 1 saturated carbocycles. The number of carbonyl (C=O) groups is 1. The third-order valence-electron chi connectivity index (χ3n) is 6.88. The minimum Gasteiger partial charge on any atom is -0.434 e. The van der Waals surface area contributed by atoms with Gasteiger partial charge in [-0.2, -0.15) is 5.26 Å². The van der Waals surface area contributed by atoms with E-state index in [0.717, 1.165) is 57.1 Å². The van der Waals surface area contributed by atoms with E-state index < -0.39 is 17.4 Å². The number of rotatable bonds is 6. The van der Waals surface area contributed by atoms with E-state index in [-0.39, 0.29) is 40.0 Å². The molecule has 4 heterocycles. The lowest BCUT2D eigenvalue weighted by Gasteiger charge is -2.29. The lowest BCUT2D eigenvalue weighted by molar-refractivity contribution is 0.0889. The number of piperazine rings is 1. The van der Waals surface area contributed by atoms with Crippen LogP contribution in [0.2, 0.25) is 0 Å². The maximum atomic E-state index is 15.5. The van der Waals surface area contributed by atoms with Gasteiger partial charge in [0.1, 0.15) is 18.2 Å². The summed E-state index contributed by atoms with van der Waals surface area (Å²) in [6, 6.07) is 7.92. The number of ether oxygens (including phenoxy) is 1. The minimum absolute atomic E-state index is 0.0869. The number of aryl methyl sites for hydroxylation is 1. The van der Waals surface area contributed by atoms with Gasteiger partial charge in [0.2, 0.25) is 11.8 Å². The number of nitrogens with zero attached hydrogens (tertiary/aromatic N) is 6. The van der Waals surface area contributed by atoms with Crippen molar-refractivity contribution < 1.29 is 18.3 Å². The van der Waals surface area contributed by atoms with E-state index >= 15 is 8.78 Å². The molecule has 39 heavy (non-hydrogen) atoms. The normalized spacial score (nSPS) is 15.3. The Morgan fingerprint density at radius 1 is 1.18 bits per heavy atom. The number of fused-ring (bicyclic) bond motifs is 1. The number of nitriles is 1. The summed E-state index contributed by atoms with van der Waals surface area (Å²) in [7, 11) is 0. The van der Waals surface area contributed by atoms with Crippen molar-refractivity contribution in [3.8, 4) is 17.7 Å². The number of aromatic nitrogens is 4. The van der Waals surface area contributed by atoms with Crippen LogP contribution in [0.5, 0.6) is 11.6 Å². The van der Waals surface area contributed by atoms with Gasteiger partial charge in [0.15, 0.2) is 28.8 Å². The molecule has 2 fully saturated rings. The second kappa shape index (κ2) is 9.92. The molecule has 1 aliphatic heterocycles. The van der Waals surface area contributed by atoms with Crippen molar-refractivity contribution in [1.82, 2.24) is 24.8 Å². The van der Waals surface area contributed by atoms with E-state index in [1.165, 1.54) is 10.6 Å². The van der Waals surface area contributed by atoms with Gasteiger partial charge in [-0.25, -0.2) is 23.7 Å². The van der Waals surface area contributed by atoms with Crippen LogP contribution in [-0.4, -0.2) is 51.6 Å². The van der Waals surface area contributed by atoms with Crippen LogP contribution in [0.3, 0.4) is 0 Å². The van der Waals surface area contributed by atoms with Crippen molar-refractivity contribution >= 4 is 34.1 Å². The molecule has 0 spiro atoms. The summed E-state index contributed by atoms with van der Waals surface area (Å²) in [6.45, 7) is 5.18. The van der Waals surface area contributed by atoms with E-state index in [2.05, 4.69) is 30.5 Å². The topological polar surface area (TPSA) is 121 Å². The van der Waals surface area contributed by atoms with Gasteiger partial charge in [0.25, 0.3) is 0 Å². The molecule has 6 rings (SSSR count). The zero-order chi connectivity index (χ0) is 27.1. The molecule has 0 radical (unpaired) electrons. The van der Waals surface area contributed by atoms with E-state index in [0.29, 0.717) is 11.5 Å². The number of anilines is 3. The van der Waals surface area contributed by atoms with Crippen LogP contribution in [0.25, 0.3) is 10.9 Å². The zero-order valence-electron chi connectivity index (χ0n) is 21.0. The second-order valence-corrected chi connectivity index (χ2v) is 9.55. The van der Waals surface area contributed by atoms with Gasteiger partial charge in [0, 0.05) is 49.2 Å². The van der Waals surface area contributed by atoms with Gasteiger partial charge in [-0.15, -0.1) is 0 Å². The van der Waals surface area contributed by atoms with Gasteiger partial charge in [-0.05, 0) is 38.0 Å². The summed E-state index contributed by atoms with van der Waals surface area (Å²) < 4.78 is 37.6. The molecule has 2 aliphatic rings. The Morgan fingerprint density at radius 2 is 1.97 bits per heavy atom. The number of carbonyl (C=O) groups excluding carboxylic acids is 1. The first-order valence-electron chi connectivity index (χ1n) is 12.6. The van der Waals surface area contributed by atoms with E-state index in [9.17, 15) is 10.1 Å². The highest BCUT2D eigenvalue weighted by Crippen LogP contribution is 2.38. The van der Waals surface area contributed by atoms with Crippen molar-refractivity contribution in [3.63, 3.8) is 0 Å². The number of hydrogen-bond donors (Lipinski definition) is 2. The molecular formula is C27H24F2N8O2. The molecule has 0 bridgehead atoms. The smallest absolute Gasteiger partial charge is 0.242 e. The lowest BCUT2D eigenvalue weighted by atomic mass is 10.2. The van der Waals surface area contributed by atoms with Crippen LogP contribution in [0, 0.1) is 35.8 Å². The van der Waals surface area contributed by atoms with Crippen LogP contribution < -0.4 is 20.3 Å². The summed E-state index contributed by atoms with van der Waals surface area (Å²) in [5.41, 5.74) is 1.17. The zero-order valence-corrected chi connectivity index (χ0v) is 21.0. The number of nitrogens with one attached hydrogen (secondary N) is 2. The highest BCUT2D eigenvalue weighted by Gasteiger charge is 2.33. The van der Waals surface area contributed by atoms with Crippen LogP contribution in [0.15, 0.2) is 36.8 Å². The molecule has 1 aromatic carbocycles. The quantitative estimate of drug-likeness (QED) is 0.376. The maximum Gasteiger partial charge on any atom is 0.242 e. The van der Waals surface area contributed by atoms with Crippen LogP contribution in [0.4, 0.5) is 26.1 Å². The van der Waals surface area contributed by atoms with Crippen LogP contribution >= 0.6 is 0 Å².